The Morgan fingerprint density at radius 2 is 2.13 bits per heavy atom. The van der Waals surface area contributed by atoms with Crippen molar-refractivity contribution >= 4 is 17.8 Å². The molecule has 1 heterocycles. The number of ether oxygens (including phenoxy) is 1. The third-order valence-electron chi connectivity index (χ3n) is 3.37. The summed E-state index contributed by atoms with van der Waals surface area (Å²) in [5, 5.41) is 10.8. The molecule has 0 aliphatic heterocycles. The normalized spacial score (nSPS) is 10.8. The molecule has 0 bridgehead atoms. The zero-order chi connectivity index (χ0) is 16.8. The minimum absolute atomic E-state index is 0.181. The number of rotatable bonds is 6. The summed E-state index contributed by atoms with van der Waals surface area (Å²) >= 11 is 0. The second-order valence-corrected chi connectivity index (χ2v) is 4.97. The summed E-state index contributed by atoms with van der Waals surface area (Å²) in [5.41, 5.74) is 3.12. The molecule has 0 radical (unpaired) electrons. The molecule has 1 N–H and O–H groups in total. The molecule has 7 nitrogen and oxygen atoms in total. The number of oxime groups is 1. The van der Waals surface area contributed by atoms with E-state index in [2.05, 4.69) is 15.6 Å². The number of anilines is 1. The van der Waals surface area contributed by atoms with Gasteiger partial charge in [0.2, 0.25) is 0 Å². The maximum atomic E-state index is 11.9. The van der Waals surface area contributed by atoms with Crippen LogP contribution in [0, 0.1) is 13.8 Å². The van der Waals surface area contributed by atoms with Crippen molar-refractivity contribution in [1.82, 2.24) is 9.78 Å². The van der Waals surface area contributed by atoms with Crippen LogP contribution in [0.2, 0.25) is 0 Å². The number of para-hydroxylation sites is 1. The van der Waals surface area contributed by atoms with E-state index in [9.17, 15) is 4.79 Å². The van der Waals surface area contributed by atoms with E-state index < -0.39 is 0 Å². The summed E-state index contributed by atoms with van der Waals surface area (Å²) in [6.07, 6.45) is 1.51. The fraction of sp³-hybridized carbons (Fsp3) is 0.312. The average Bonchev–Trinajstić information content (AvgIpc) is 2.78. The van der Waals surface area contributed by atoms with E-state index in [1.54, 1.807) is 11.8 Å². The summed E-state index contributed by atoms with van der Waals surface area (Å²) in [6.45, 7) is 3.54. The fourth-order valence-electron chi connectivity index (χ4n) is 2.09. The molecule has 1 aromatic heterocycles. The second kappa shape index (κ2) is 7.44. The lowest BCUT2D eigenvalue weighted by atomic mass is 10.2. The van der Waals surface area contributed by atoms with E-state index >= 15 is 0 Å². The number of carbonyl (C=O) groups excluding carboxylic acids is 1. The Kier molecular flexibility index (Phi) is 5.35. The number of nitrogens with zero attached hydrogens (tertiary/aromatic N) is 3. The maximum absolute atomic E-state index is 11.9. The Bertz CT molecular complexity index is 722. The zero-order valence-corrected chi connectivity index (χ0v) is 13.7. The largest absolute Gasteiger partial charge is 0.496 e. The van der Waals surface area contributed by atoms with Gasteiger partial charge in [0.1, 0.15) is 5.75 Å². The summed E-state index contributed by atoms with van der Waals surface area (Å²) in [7, 11) is 3.41. The van der Waals surface area contributed by atoms with Crippen LogP contribution in [0.25, 0.3) is 0 Å². The van der Waals surface area contributed by atoms with Crippen LogP contribution in [0.15, 0.2) is 29.4 Å². The topological polar surface area (TPSA) is 77.7 Å². The van der Waals surface area contributed by atoms with Crippen LogP contribution in [0.5, 0.6) is 5.75 Å². The molecule has 2 rings (SSSR count). The Balaban J connectivity index is 1.89. The number of nitrogens with one attached hydrogen (secondary N) is 1. The van der Waals surface area contributed by atoms with Gasteiger partial charge in [-0.2, -0.15) is 5.10 Å². The molecule has 23 heavy (non-hydrogen) atoms. The highest BCUT2D eigenvalue weighted by Gasteiger charge is 2.12. The van der Waals surface area contributed by atoms with Gasteiger partial charge in [-0.15, -0.1) is 0 Å². The van der Waals surface area contributed by atoms with E-state index in [1.807, 2.05) is 45.2 Å². The molecule has 0 saturated carbocycles. The number of hydrogen-bond donors (Lipinski definition) is 1. The van der Waals surface area contributed by atoms with Crippen LogP contribution in [0.1, 0.15) is 17.0 Å². The minimum Gasteiger partial charge on any atom is -0.496 e. The number of amides is 1. The van der Waals surface area contributed by atoms with Gasteiger partial charge in [0.05, 0.1) is 30.4 Å². The van der Waals surface area contributed by atoms with Crippen LogP contribution in [0.4, 0.5) is 5.69 Å². The highest BCUT2D eigenvalue weighted by atomic mass is 16.6. The van der Waals surface area contributed by atoms with Crippen molar-refractivity contribution < 1.29 is 14.4 Å². The minimum atomic E-state index is -0.290. The van der Waals surface area contributed by atoms with Gasteiger partial charge in [0.15, 0.2) is 6.61 Å². The Morgan fingerprint density at radius 1 is 1.39 bits per heavy atom. The number of methoxy groups -OCH3 is 1. The monoisotopic (exact) mass is 316 g/mol. The second-order valence-electron chi connectivity index (χ2n) is 4.97. The van der Waals surface area contributed by atoms with E-state index in [1.165, 1.54) is 6.21 Å². The van der Waals surface area contributed by atoms with Crippen LogP contribution >= 0.6 is 0 Å². The van der Waals surface area contributed by atoms with Crippen molar-refractivity contribution in [2.24, 2.45) is 12.2 Å². The van der Waals surface area contributed by atoms with Gasteiger partial charge in [-0.1, -0.05) is 17.3 Å². The summed E-state index contributed by atoms with van der Waals surface area (Å²) in [6, 6.07) is 7.39. The molecule has 7 heteroatoms. The first-order valence-electron chi connectivity index (χ1n) is 7.11. The summed E-state index contributed by atoms with van der Waals surface area (Å²) < 4.78 is 6.91. The van der Waals surface area contributed by atoms with Crippen molar-refractivity contribution in [3.8, 4) is 5.75 Å². The Morgan fingerprint density at radius 3 is 2.78 bits per heavy atom. The maximum Gasteiger partial charge on any atom is 0.265 e. The van der Waals surface area contributed by atoms with E-state index in [0.29, 0.717) is 11.4 Å². The molecule has 1 aromatic carbocycles. The van der Waals surface area contributed by atoms with Gasteiger partial charge in [-0.3, -0.25) is 9.48 Å². The first-order valence-corrected chi connectivity index (χ1v) is 7.11. The first-order chi connectivity index (χ1) is 11.0. The first kappa shape index (κ1) is 16.5. The molecule has 0 saturated heterocycles. The number of benzene rings is 1. The number of aryl methyl sites for hydroxylation is 2. The van der Waals surface area contributed by atoms with E-state index in [-0.39, 0.29) is 12.5 Å². The van der Waals surface area contributed by atoms with Gasteiger partial charge < -0.3 is 14.9 Å². The summed E-state index contributed by atoms with van der Waals surface area (Å²) in [4.78, 5) is 16.9. The average molecular weight is 316 g/mol. The van der Waals surface area contributed by atoms with Gasteiger partial charge >= 0.3 is 0 Å². The molecule has 0 fully saturated rings. The van der Waals surface area contributed by atoms with E-state index in [0.717, 1.165) is 17.0 Å². The lowest BCUT2D eigenvalue weighted by Crippen LogP contribution is -2.18. The standard InChI is InChI=1S/C16H20N4O3/c1-11-16(12(2)20(3)19-11)18-15(21)10-23-17-9-13-7-5-6-8-14(13)22-4/h5-9H,10H2,1-4H3,(H,18,21)/b17-9-. The van der Waals surface area contributed by atoms with Crippen LogP contribution in [-0.2, 0) is 16.7 Å². The third kappa shape index (κ3) is 4.09. The quantitative estimate of drug-likeness (QED) is 0.653. The molecule has 0 atom stereocenters. The van der Waals surface area contributed by atoms with Crippen molar-refractivity contribution in [2.75, 3.05) is 19.0 Å². The molecule has 0 spiro atoms. The molecule has 0 aliphatic rings. The van der Waals surface area contributed by atoms with Crippen molar-refractivity contribution in [2.45, 2.75) is 13.8 Å². The summed E-state index contributed by atoms with van der Waals surface area (Å²) in [5.74, 6) is 0.396. The van der Waals surface area contributed by atoms with Crippen molar-refractivity contribution in [1.29, 1.82) is 0 Å². The predicted molar refractivity (Wildman–Crippen MR) is 87.9 cm³/mol. The van der Waals surface area contributed by atoms with Gasteiger partial charge in [-0.25, -0.2) is 0 Å². The molecular formula is C16H20N4O3. The zero-order valence-electron chi connectivity index (χ0n) is 13.7. The third-order valence-corrected chi connectivity index (χ3v) is 3.37. The molecular weight excluding hydrogens is 296 g/mol. The smallest absolute Gasteiger partial charge is 0.265 e. The molecule has 0 aliphatic carbocycles. The number of carbonyl (C=O) groups is 1. The Labute approximate surface area is 134 Å². The molecule has 1 amide bonds. The van der Waals surface area contributed by atoms with Gasteiger partial charge in [0.25, 0.3) is 5.91 Å². The van der Waals surface area contributed by atoms with Gasteiger partial charge in [-0.05, 0) is 26.0 Å². The molecule has 2 aromatic rings. The van der Waals surface area contributed by atoms with Crippen LogP contribution in [0.3, 0.4) is 0 Å². The lowest BCUT2D eigenvalue weighted by Gasteiger charge is -2.05. The molecule has 122 valence electrons. The highest BCUT2D eigenvalue weighted by molar-refractivity contribution is 5.92. The fourth-order valence-corrected chi connectivity index (χ4v) is 2.09. The molecule has 0 unspecified atom stereocenters. The van der Waals surface area contributed by atoms with E-state index in [4.69, 9.17) is 9.57 Å². The van der Waals surface area contributed by atoms with Crippen molar-refractivity contribution in [3.63, 3.8) is 0 Å². The number of hydrogen-bond acceptors (Lipinski definition) is 5. The SMILES string of the molecule is COc1ccccc1/C=N\OCC(=O)Nc1c(C)nn(C)c1C. The number of aromatic nitrogens is 2. The van der Waals surface area contributed by atoms with Gasteiger partial charge in [0, 0.05) is 12.6 Å². The van der Waals surface area contributed by atoms with Crippen LogP contribution in [-0.4, -0.2) is 35.6 Å². The highest BCUT2D eigenvalue weighted by Crippen LogP contribution is 2.18. The lowest BCUT2D eigenvalue weighted by molar-refractivity contribution is -0.120. The predicted octanol–water partition coefficient (Wildman–Crippen LogP) is 2.03. The Hall–Kier alpha value is -2.83. The van der Waals surface area contributed by atoms with Crippen molar-refractivity contribution in [3.05, 3.63) is 41.2 Å². The van der Waals surface area contributed by atoms with Crippen LogP contribution < -0.4 is 10.1 Å².